The van der Waals surface area contributed by atoms with Gasteiger partial charge in [0.25, 0.3) is 0 Å². The Labute approximate surface area is 251 Å². The van der Waals surface area contributed by atoms with E-state index in [0.29, 0.717) is 37.2 Å². The lowest BCUT2D eigenvalue weighted by Crippen LogP contribution is -2.42. The van der Waals surface area contributed by atoms with Crippen LogP contribution in [0.25, 0.3) is 11.0 Å². The number of piperidine rings is 1. The highest BCUT2D eigenvalue weighted by Gasteiger charge is 2.32. The summed E-state index contributed by atoms with van der Waals surface area (Å²) >= 11 is 0. The van der Waals surface area contributed by atoms with E-state index < -0.39 is 8.30 Å². The third-order valence-corrected chi connectivity index (χ3v) is 11.8. The highest BCUT2D eigenvalue weighted by molar-refractivity contribution is 7.50. The van der Waals surface area contributed by atoms with E-state index in [1.807, 2.05) is 11.8 Å². The van der Waals surface area contributed by atoms with Crippen molar-refractivity contribution in [1.82, 2.24) is 9.57 Å². The number of aryl methyl sites for hydroxylation is 3. The first-order chi connectivity index (χ1) is 20.2. The van der Waals surface area contributed by atoms with E-state index in [-0.39, 0.29) is 24.1 Å². The third-order valence-electron chi connectivity index (χ3n) is 9.12. The summed E-state index contributed by atoms with van der Waals surface area (Å²) in [5.74, 6) is -0.0176. The molecule has 0 N–H and O–H groups in total. The molecule has 2 aromatic rings. The third kappa shape index (κ3) is 6.39. The number of hydrogen-bond acceptors (Lipinski definition) is 7. The molecule has 3 aliphatic heterocycles. The van der Waals surface area contributed by atoms with Gasteiger partial charge in [-0.2, -0.15) is 5.26 Å². The molecule has 0 bridgehead atoms. The second-order valence-electron chi connectivity index (χ2n) is 12.7. The summed E-state index contributed by atoms with van der Waals surface area (Å²) in [5, 5.41) is 10.0. The summed E-state index contributed by atoms with van der Waals surface area (Å²) in [6.07, 6.45) is 8.20. The maximum atomic E-state index is 13.5. The van der Waals surface area contributed by atoms with Crippen LogP contribution in [0.1, 0.15) is 88.5 Å². The summed E-state index contributed by atoms with van der Waals surface area (Å²) in [7, 11) is -0.817. The fraction of sp³-hybridized carbons (Fsp3) is 0.667. The van der Waals surface area contributed by atoms with E-state index >= 15 is 0 Å². The molecule has 8 nitrogen and oxygen atoms in total. The summed E-state index contributed by atoms with van der Waals surface area (Å²) in [6, 6.07) is 5.20. The topological polar surface area (TPSA) is 90.0 Å². The lowest BCUT2D eigenvalue weighted by molar-refractivity contribution is -0.132. The molecule has 1 atom stereocenters. The second kappa shape index (κ2) is 13.5. The standard InChI is InChI=1S/C33H47N4O4P/c1-22(2)37(23(3)4)42(19-7-6-14-34)41-26-12-17-35(18-13-26)30(38)21-29-24(5)28-20-25-10-8-15-36-16-9-11-27(31(25)36)32(28)40-33(29)39/h20,22-23,26H,6-13,15-19,21H2,1-5H3. The lowest BCUT2D eigenvalue weighted by atomic mass is 9.88. The molecule has 0 spiro atoms. The number of rotatable bonds is 10. The van der Waals surface area contributed by atoms with Crippen LogP contribution >= 0.6 is 8.30 Å². The average molecular weight is 595 g/mol. The van der Waals surface area contributed by atoms with Crippen LogP contribution in [0.4, 0.5) is 5.69 Å². The molecule has 0 radical (unpaired) electrons. The van der Waals surface area contributed by atoms with Gasteiger partial charge < -0.3 is 18.7 Å². The minimum absolute atomic E-state index is 0.0176. The van der Waals surface area contributed by atoms with Gasteiger partial charge in [-0.3, -0.25) is 9.46 Å². The fourth-order valence-electron chi connectivity index (χ4n) is 7.17. The highest BCUT2D eigenvalue weighted by atomic mass is 31.2. The molecule has 3 aliphatic rings. The van der Waals surface area contributed by atoms with Crippen LogP contribution in [0.2, 0.25) is 0 Å². The fourth-order valence-corrected chi connectivity index (χ4v) is 9.63. The van der Waals surface area contributed by atoms with Crippen LogP contribution in [0.3, 0.4) is 0 Å². The van der Waals surface area contributed by atoms with Crippen LogP contribution < -0.4 is 10.5 Å². The quantitative estimate of drug-likeness (QED) is 0.187. The number of unbranched alkanes of at least 4 members (excludes halogenated alkanes) is 1. The van der Waals surface area contributed by atoms with Gasteiger partial charge in [0, 0.05) is 67.5 Å². The van der Waals surface area contributed by atoms with Gasteiger partial charge in [-0.1, -0.05) is 0 Å². The smallest absolute Gasteiger partial charge is 0.340 e. The molecular weight excluding hydrogens is 547 g/mol. The van der Waals surface area contributed by atoms with E-state index in [4.69, 9.17) is 14.2 Å². The molecule has 1 fully saturated rings. The van der Waals surface area contributed by atoms with Crippen molar-refractivity contribution in [2.24, 2.45) is 0 Å². The number of likely N-dealkylation sites (tertiary alicyclic amines) is 1. The molecular formula is C33H47N4O4P. The second-order valence-corrected chi connectivity index (χ2v) is 14.5. The van der Waals surface area contributed by atoms with Crippen LogP contribution in [0, 0.1) is 18.3 Å². The molecule has 1 aromatic heterocycles. The first-order valence-corrected chi connectivity index (χ1v) is 17.3. The van der Waals surface area contributed by atoms with E-state index in [2.05, 4.69) is 49.4 Å². The molecule has 1 saturated heterocycles. The summed E-state index contributed by atoms with van der Waals surface area (Å²) < 4.78 is 15.2. The van der Waals surface area contributed by atoms with Gasteiger partial charge in [-0.25, -0.2) is 4.79 Å². The van der Waals surface area contributed by atoms with E-state index in [0.717, 1.165) is 80.7 Å². The molecule has 1 amide bonds. The van der Waals surface area contributed by atoms with Gasteiger partial charge >= 0.3 is 5.63 Å². The number of anilines is 1. The number of fused-ring (bicyclic) bond motifs is 2. The summed E-state index contributed by atoms with van der Waals surface area (Å²) in [6.45, 7) is 14.2. The van der Waals surface area contributed by atoms with Crippen molar-refractivity contribution in [1.29, 1.82) is 5.26 Å². The van der Waals surface area contributed by atoms with Crippen LogP contribution in [-0.2, 0) is 28.6 Å². The largest absolute Gasteiger partial charge is 0.422 e. The Bertz CT molecular complexity index is 1380. The maximum Gasteiger partial charge on any atom is 0.340 e. The Balaban J connectivity index is 1.27. The molecule has 9 heteroatoms. The van der Waals surface area contributed by atoms with Crippen molar-refractivity contribution >= 4 is 30.9 Å². The molecule has 4 heterocycles. The number of nitriles is 1. The number of carbonyl (C=O) groups is 1. The van der Waals surface area contributed by atoms with Crippen LogP contribution in [-0.4, -0.2) is 66.0 Å². The SMILES string of the molecule is Cc1c(CC(=O)N2CCC(OP(CCCC#N)N(C(C)C)C(C)C)CC2)c(=O)oc2c3c4c(cc12)CCCN4CCC3. The molecule has 0 saturated carbocycles. The Morgan fingerprint density at radius 1 is 1.14 bits per heavy atom. The predicted octanol–water partition coefficient (Wildman–Crippen LogP) is 6.08. The Hall–Kier alpha value is -2.46. The molecule has 42 heavy (non-hydrogen) atoms. The molecule has 5 rings (SSSR count). The van der Waals surface area contributed by atoms with Crippen molar-refractivity contribution in [3.05, 3.63) is 38.7 Å². The summed E-state index contributed by atoms with van der Waals surface area (Å²) in [4.78, 5) is 31.1. The lowest BCUT2D eigenvalue weighted by Gasteiger charge is -2.41. The highest BCUT2D eigenvalue weighted by Crippen LogP contribution is 2.48. The van der Waals surface area contributed by atoms with Crippen molar-refractivity contribution in [2.75, 3.05) is 37.2 Å². The van der Waals surface area contributed by atoms with Crippen molar-refractivity contribution in [3.8, 4) is 6.07 Å². The zero-order valence-corrected chi connectivity index (χ0v) is 27.0. The predicted molar refractivity (Wildman–Crippen MR) is 169 cm³/mol. The first kappa shape index (κ1) is 31.0. The Kier molecular flexibility index (Phi) is 9.92. The normalized spacial score (nSPS) is 18.2. The summed E-state index contributed by atoms with van der Waals surface area (Å²) in [5.41, 5.74) is 5.54. The average Bonchev–Trinajstić information content (AvgIpc) is 2.96. The zero-order valence-electron chi connectivity index (χ0n) is 26.1. The Morgan fingerprint density at radius 3 is 2.50 bits per heavy atom. The van der Waals surface area contributed by atoms with Gasteiger partial charge in [-0.15, -0.1) is 0 Å². The van der Waals surface area contributed by atoms with Gasteiger partial charge in [0.2, 0.25) is 5.91 Å². The van der Waals surface area contributed by atoms with E-state index in [1.54, 1.807) is 0 Å². The van der Waals surface area contributed by atoms with Crippen molar-refractivity contribution in [3.63, 3.8) is 0 Å². The minimum Gasteiger partial charge on any atom is -0.422 e. The maximum absolute atomic E-state index is 13.5. The molecule has 1 aromatic carbocycles. The zero-order chi connectivity index (χ0) is 30.0. The molecule has 0 aliphatic carbocycles. The van der Waals surface area contributed by atoms with Crippen LogP contribution in [0.15, 0.2) is 15.3 Å². The number of benzene rings is 1. The monoisotopic (exact) mass is 594 g/mol. The molecule has 228 valence electrons. The van der Waals surface area contributed by atoms with E-state index in [1.165, 1.54) is 16.8 Å². The number of carbonyl (C=O) groups excluding carboxylic acids is 1. The van der Waals surface area contributed by atoms with Gasteiger partial charge in [0.05, 0.1) is 24.2 Å². The van der Waals surface area contributed by atoms with Crippen LogP contribution in [0.5, 0.6) is 0 Å². The number of amides is 1. The van der Waals surface area contributed by atoms with Crippen molar-refractivity contribution < 1.29 is 13.7 Å². The van der Waals surface area contributed by atoms with E-state index in [9.17, 15) is 9.59 Å². The minimum atomic E-state index is -0.817. The van der Waals surface area contributed by atoms with Gasteiger partial charge in [0.15, 0.2) is 0 Å². The van der Waals surface area contributed by atoms with Crippen molar-refractivity contribution in [2.45, 2.75) is 111 Å². The molecule has 1 unspecified atom stereocenters. The van der Waals surface area contributed by atoms with Gasteiger partial charge in [0.1, 0.15) is 13.9 Å². The number of nitrogens with zero attached hydrogens (tertiary/aromatic N) is 4. The number of hydrogen-bond donors (Lipinski definition) is 0. The van der Waals surface area contributed by atoms with Gasteiger partial charge in [-0.05, 0) is 96.8 Å². The Morgan fingerprint density at radius 2 is 1.83 bits per heavy atom. The first-order valence-electron chi connectivity index (χ1n) is 15.9.